The number of carbonyl (C=O) groups is 2. The molecule has 0 bridgehead atoms. The number of carbonyl (C=O) groups excluding carboxylic acids is 2. The summed E-state index contributed by atoms with van der Waals surface area (Å²) in [5.74, 6) is -0.773. The van der Waals surface area contributed by atoms with Gasteiger partial charge >= 0.3 is 29.6 Å². The first-order valence-corrected chi connectivity index (χ1v) is 7.57. The Morgan fingerprint density at radius 1 is 1.45 bits per heavy atom. The average molecular weight is 334 g/mol. The summed E-state index contributed by atoms with van der Waals surface area (Å²) in [6, 6.07) is 1.74. The van der Waals surface area contributed by atoms with Crippen LogP contribution in [0.3, 0.4) is 0 Å². The van der Waals surface area contributed by atoms with Crippen molar-refractivity contribution in [3.05, 3.63) is 30.2 Å². The van der Waals surface area contributed by atoms with Gasteiger partial charge in [0.1, 0.15) is 11.8 Å². The standard InChI is InChI=1S/C12H12N2O6S.Na/c15-10(4-3-8-2-1-7-20-8)13-6-5-9-11(13)12(16)14(9)21(17,18)19;/h1-4,7,9,11H,5-6H2,(H,17,18,19);/q;+1/p-1/b4-3+;/t9-,11+;/m1./s1. The first-order valence-electron chi connectivity index (χ1n) is 6.21. The van der Waals surface area contributed by atoms with Crippen LogP contribution >= 0.6 is 0 Å². The molecule has 0 unspecified atom stereocenters. The van der Waals surface area contributed by atoms with Gasteiger partial charge in [-0.05, 0) is 24.6 Å². The molecule has 0 aromatic carbocycles. The average Bonchev–Trinajstić information content (AvgIpc) is 3.00. The normalized spacial score (nSPS) is 24.1. The van der Waals surface area contributed by atoms with Gasteiger partial charge in [-0.15, -0.1) is 0 Å². The molecule has 3 rings (SSSR count). The molecular weight excluding hydrogens is 323 g/mol. The van der Waals surface area contributed by atoms with Crippen LogP contribution in [0.4, 0.5) is 0 Å². The molecule has 0 spiro atoms. The predicted molar refractivity (Wildman–Crippen MR) is 68.2 cm³/mol. The first-order chi connectivity index (χ1) is 9.89. The van der Waals surface area contributed by atoms with Gasteiger partial charge in [0, 0.05) is 12.6 Å². The van der Waals surface area contributed by atoms with E-state index in [1.54, 1.807) is 12.1 Å². The molecule has 0 saturated carbocycles. The number of hydrogen-bond donors (Lipinski definition) is 0. The Hall–Kier alpha value is -1.13. The van der Waals surface area contributed by atoms with Crippen molar-refractivity contribution in [1.29, 1.82) is 0 Å². The fourth-order valence-corrected chi connectivity index (χ4v) is 3.57. The van der Waals surface area contributed by atoms with E-state index in [-0.39, 0.29) is 42.5 Å². The number of rotatable bonds is 3. The zero-order valence-corrected chi connectivity index (χ0v) is 14.5. The van der Waals surface area contributed by atoms with Crippen LogP contribution in [0.25, 0.3) is 6.08 Å². The maximum absolute atomic E-state index is 12.0. The van der Waals surface area contributed by atoms with Crippen LogP contribution in [0.1, 0.15) is 12.2 Å². The fraction of sp³-hybridized carbons (Fsp3) is 0.333. The number of hydrogen-bond acceptors (Lipinski definition) is 6. The predicted octanol–water partition coefficient (Wildman–Crippen LogP) is -3.43. The molecule has 22 heavy (non-hydrogen) atoms. The summed E-state index contributed by atoms with van der Waals surface area (Å²) in [4.78, 5) is 25.1. The maximum atomic E-state index is 12.0. The van der Waals surface area contributed by atoms with Crippen molar-refractivity contribution >= 4 is 28.2 Å². The van der Waals surface area contributed by atoms with Gasteiger partial charge in [0.05, 0.1) is 12.3 Å². The summed E-state index contributed by atoms with van der Waals surface area (Å²) < 4.78 is 38.2. The van der Waals surface area contributed by atoms with Crippen molar-refractivity contribution in [3.63, 3.8) is 0 Å². The van der Waals surface area contributed by atoms with Crippen molar-refractivity contribution in [2.75, 3.05) is 6.54 Å². The summed E-state index contributed by atoms with van der Waals surface area (Å²) in [6.07, 6.45) is 4.45. The number of likely N-dealkylation sites (tertiary alicyclic amines) is 1. The van der Waals surface area contributed by atoms with Crippen LogP contribution in [0.15, 0.2) is 28.9 Å². The third kappa shape index (κ3) is 2.86. The van der Waals surface area contributed by atoms with Gasteiger partial charge in [-0.2, -0.15) is 0 Å². The Bertz CT molecular complexity index is 714. The molecule has 10 heteroatoms. The molecule has 2 atom stereocenters. The Morgan fingerprint density at radius 3 is 2.77 bits per heavy atom. The summed E-state index contributed by atoms with van der Waals surface area (Å²) in [7, 11) is -4.80. The molecule has 112 valence electrons. The summed E-state index contributed by atoms with van der Waals surface area (Å²) in [5, 5.41) is 0. The van der Waals surface area contributed by atoms with E-state index < -0.39 is 34.2 Å². The quantitative estimate of drug-likeness (QED) is 0.246. The second-order valence-corrected chi connectivity index (χ2v) is 6.02. The van der Waals surface area contributed by atoms with E-state index in [9.17, 15) is 22.6 Å². The molecule has 2 aliphatic heterocycles. The van der Waals surface area contributed by atoms with Crippen LogP contribution in [0.5, 0.6) is 0 Å². The molecular formula is C12H11N2NaO6S. The van der Waals surface area contributed by atoms with Crippen molar-refractivity contribution in [2.24, 2.45) is 0 Å². The summed E-state index contributed by atoms with van der Waals surface area (Å²) >= 11 is 0. The topological polar surface area (TPSA) is 111 Å². The maximum Gasteiger partial charge on any atom is 1.00 e. The minimum Gasteiger partial charge on any atom is -0.731 e. The zero-order chi connectivity index (χ0) is 15.2. The van der Waals surface area contributed by atoms with E-state index in [1.165, 1.54) is 23.3 Å². The number of nitrogens with zero attached hydrogens (tertiary/aromatic N) is 2. The third-order valence-electron chi connectivity index (χ3n) is 3.59. The molecule has 8 nitrogen and oxygen atoms in total. The van der Waals surface area contributed by atoms with Gasteiger partial charge in [0.15, 0.2) is 10.3 Å². The van der Waals surface area contributed by atoms with Crippen molar-refractivity contribution < 1.29 is 56.5 Å². The van der Waals surface area contributed by atoms with E-state index >= 15 is 0 Å². The Balaban J connectivity index is 0.00000176. The van der Waals surface area contributed by atoms with Gasteiger partial charge in [-0.25, -0.2) is 12.7 Å². The number of β-lactam (4-membered cyclic amide) rings is 1. The minimum absolute atomic E-state index is 0. The van der Waals surface area contributed by atoms with E-state index in [2.05, 4.69) is 0 Å². The Morgan fingerprint density at radius 2 is 2.18 bits per heavy atom. The van der Waals surface area contributed by atoms with Crippen molar-refractivity contribution in [3.8, 4) is 0 Å². The van der Waals surface area contributed by atoms with Crippen LogP contribution in [0.2, 0.25) is 0 Å². The van der Waals surface area contributed by atoms with Crippen LogP contribution in [0, 0.1) is 0 Å². The largest absolute Gasteiger partial charge is 1.00 e. The first kappa shape index (κ1) is 17.2. The molecule has 0 aliphatic carbocycles. The monoisotopic (exact) mass is 334 g/mol. The molecule has 3 heterocycles. The molecule has 2 saturated heterocycles. The number of amides is 2. The van der Waals surface area contributed by atoms with Crippen molar-refractivity contribution in [2.45, 2.75) is 18.5 Å². The van der Waals surface area contributed by atoms with E-state index in [0.717, 1.165) is 0 Å². The SMILES string of the molecule is O=C(/C=C/c1ccco1)N1CC[C@@H]2[C@H]1C(=O)N2S(=O)(=O)[O-].[Na+]. The number of fused-ring (bicyclic) bond motifs is 1. The van der Waals surface area contributed by atoms with E-state index in [4.69, 9.17) is 4.42 Å². The van der Waals surface area contributed by atoms with Gasteiger partial charge in [0.2, 0.25) is 5.91 Å². The van der Waals surface area contributed by atoms with Crippen LogP contribution in [-0.4, -0.2) is 52.6 Å². The molecule has 1 aromatic rings. The second kappa shape index (κ2) is 6.17. The van der Waals surface area contributed by atoms with Crippen molar-refractivity contribution in [1.82, 2.24) is 9.21 Å². The molecule has 2 aliphatic rings. The van der Waals surface area contributed by atoms with Gasteiger partial charge < -0.3 is 13.9 Å². The van der Waals surface area contributed by atoms with Gasteiger partial charge in [-0.3, -0.25) is 9.59 Å². The van der Waals surface area contributed by atoms with E-state index in [1.807, 2.05) is 0 Å². The molecule has 0 N–H and O–H groups in total. The number of furan rings is 1. The van der Waals surface area contributed by atoms with E-state index in [0.29, 0.717) is 10.1 Å². The third-order valence-corrected chi connectivity index (χ3v) is 4.53. The second-order valence-electron chi connectivity index (χ2n) is 4.77. The molecule has 2 amide bonds. The molecule has 1 aromatic heterocycles. The Kier molecular flexibility index (Phi) is 4.83. The van der Waals surface area contributed by atoms with Crippen LogP contribution in [-0.2, 0) is 19.9 Å². The van der Waals surface area contributed by atoms with Crippen LogP contribution < -0.4 is 29.6 Å². The zero-order valence-electron chi connectivity index (χ0n) is 11.7. The Labute approximate surface area is 148 Å². The van der Waals surface area contributed by atoms with Gasteiger partial charge in [0.25, 0.3) is 5.91 Å². The van der Waals surface area contributed by atoms with Gasteiger partial charge in [-0.1, -0.05) is 0 Å². The fourth-order valence-electron chi connectivity index (χ4n) is 2.69. The smallest absolute Gasteiger partial charge is 0.731 e. The minimum atomic E-state index is -4.80. The summed E-state index contributed by atoms with van der Waals surface area (Å²) in [5.41, 5.74) is 0. The molecule has 2 fully saturated rings. The molecule has 0 radical (unpaired) electrons. The summed E-state index contributed by atoms with van der Waals surface area (Å²) in [6.45, 7) is 0.231.